The lowest BCUT2D eigenvalue weighted by Crippen LogP contribution is -2.45. The summed E-state index contributed by atoms with van der Waals surface area (Å²) in [6.07, 6.45) is 43.0. The van der Waals surface area contributed by atoms with Gasteiger partial charge in [0, 0.05) is 238 Å². The quantitative estimate of drug-likeness (QED) is 0.0569. The Bertz CT molecular complexity index is 5670. The summed E-state index contributed by atoms with van der Waals surface area (Å²) in [4.78, 5) is 90.4. The van der Waals surface area contributed by atoms with E-state index in [4.69, 9.17) is 54.5 Å². The number of halogens is 2. The lowest BCUT2D eigenvalue weighted by atomic mass is 9.84. The number of hydrogen-bond donors (Lipinski definition) is 0. The van der Waals surface area contributed by atoms with Gasteiger partial charge in [0.05, 0.1) is 111 Å². The van der Waals surface area contributed by atoms with Crippen molar-refractivity contribution in [3.63, 3.8) is 0 Å². The Hall–Kier alpha value is -11.5. The highest BCUT2D eigenvalue weighted by Gasteiger charge is 2.33. The van der Waals surface area contributed by atoms with E-state index >= 15 is 0 Å². The zero-order valence-corrected chi connectivity index (χ0v) is 79.1. The molecule has 8 aromatic heterocycles. The molecule has 0 unspecified atom stereocenters. The van der Waals surface area contributed by atoms with Gasteiger partial charge in [0.15, 0.2) is 5.82 Å². The molecule has 14 heterocycles. The number of fused-ring (bicyclic) bond motifs is 4. The first-order chi connectivity index (χ1) is 66.9. The molecular formula is C102H126ClFN24O8. The molecule has 10 fully saturated rings. The molecule has 22 rings (SSSR count). The molecule has 34 heteroatoms. The van der Waals surface area contributed by atoms with Gasteiger partial charge in [0.25, 0.3) is 0 Å². The highest BCUT2D eigenvalue weighted by molar-refractivity contribution is 6.29. The van der Waals surface area contributed by atoms with Crippen molar-refractivity contribution in [2.24, 2.45) is 23.7 Å². The van der Waals surface area contributed by atoms with Gasteiger partial charge in [-0.3, -0.25) is 19.9 Å². The molecular weight excluding hydrogens is 1740 g/mol. The van der Waals surface area contributed by atoms with Gasteiger partial charge in [-0.05, 0) is 196 Å². The van der Waals surface area contributed by atoms with Crippen LogP contribution in [-0.2, 0) is 44.6 Å². The first-order valence-corrected chi connectivity index (χ1v) is 49.7. The number of ether oxygens (including phenoxy) is 8. The Balaban J connectivity index is 0.000000117. The van der Waals surface area contributed by atoms with Gasteiger partial charge in [-0.1, -0.05) is 11.6 Å². The largest absolute Gasteiger partial charge is 0.488 e. The minimum absolute atomic E-state index is 0.122. The molecule has 32 nitrogen and oxygen atoms in total. The summed E-state index contributed by atoms with van der Waals surface area (Å²) in [5.41, 5.74) is 14.1. The summed E-state index contributed by atoms with van der Waals surface area (Å²) in [5.74, 6) is 8.03. The maximum Gasteiger partial charge on any atom is 0.225 e. The molecule has 6 saturated heterocycles. The third-order valence-corrected chi connectivity index (χ3v) is 28.5. The van der Waals surface area contributed by atoms with Gasteiger partial charge in [-0.15, -0.1) is 0 Å². The van der Waals surface area contributed by atoms with E-state index in [0.717, 1.165) is 398 Å². The van der Waals surface area contributed by atoms with Crippen LogP contribution < -0.4 is 48.3 Å². The van der Waals surface area contributed by atoms with E-state index in [9.17, 15) is 4.39 Å². The maximum atomic E-state index is 13.9. The van der Waals surface area contributed by atoms with Gasteiger partial charge in [0.2, 0.25) is 5.95 Å². The number of benzene rings is 4. The normalized spacial score (nSPS) is 22.7. The topological polar surface area (TPSA) is 306 Å². The highest BCUT2D eigenvalue weighted by atomic mass is 35.5. The molecule has 4 aliphatic carbocycles. The van der Waals surface area contributed by atoms with Crippen LogP contribution in [0.15, 0.2) is 148 Å². The zero-order valence-electron chi connectivity index (χ0n) is 78.3. The van der Waals surface area contributed by atoms with Gasteiger partial charge in [-0.2, -0.15) is 0 Å². The number of hydrogen-bond acceptors (Lipinski definition) is 32. The molecule has 0 radical (unpaired) electrons. The summed E-state index contributed by atoms with van der Waals surface area (Å²) >= 11 is 6.00. The fourth-order valence-electron chi connectivity index (χ4n) is 20.5. The van der Waals surface area contributed by atoms with E-state index in [0.29, 0.717) is 40.9 Å². The van der Waals surface area contributed by atoms with Crippen molar-refractivity contribution in [3.8, 4) is 23.0 Å². The standard InChI is InChI=1S/2C28H37N7O2.C23H26ClN5O2.C23H26FN5O2/c1-33-8-10-35(11-9-33)27-17-22(31-20-32-27)16-21-2-4-24(5-3-21)37-26-19-23(34-12-14-36-15-13-34)18-25-28(26)30-7-6-29-25;1-33-10-12-35(13-11-33)28-31-7-6-22(32-28)18-21-2-4-24(5-3-21)37-26-20-23(34-14-16-36-17-15-34)19-25-27(26)30-9-8-29-25;24-21-5-6-26-22(28-21)13-16-1-3-18(4-2-16)31-20-15-17(29-9-11-30-12-10-29)14-19-23(20)27-8-7-25-19;24-19-14-25-15-28-20(19)11-16-1-3-18(4-2-16)31-22-13-17(29-7-9-30-10-8-29)12-21-23(22)27-6-5-26-21/h6-7,17-21,24H,2-5,8-16H2,1H3;6-9,19-21,24H,2-5,10-18H2,1H3;5-8,14-16,18H,1-4,9-13H2;5-6,12-16,18H,1-4,7-11H2. The van der Waals surface area contributed by atoms with Crippen molar-refractivity contribution < 1.29 is 42.3 Å². The molecule has 0 amide bonds. The Kier molecular flexibility index (Phi) is 31.7. The monoisotopic (exact) mass is 1870 g/mol. The number of morpholine rings is 4. The third kappa shape index (κ3) is 24.9. The second-order valence-corrected chi connectivity index (χ2v) is 38.0. The summed E-state index contributed by atoms with van der Waals surface area (Å²) in [5, 5.41) is 0.509. The molecule has 136 heavy (non-hydrogen) atoms. The van der Waals surface area contributed by atoms with Crippen LogP contribution in [0.2, 0.25) is 5.15 Å². The summed E-state index contributed by atoms with van der Waals surface area (Å²) < 4.78 is 62.1. The molecule has 716 valence electrons. The number of aromatic nitrogens is 16. The van der Waals surface area contributed by atoms with Crippen molar-refractivity contribution in [2.45, 2.75) is 153 Å². The second kappa shape index (κ2) is 46.1. The number of piperazine rings is 2. The van der Waals surface area contributed by atoms with Crippen molar-refractivity contribution in [1.29, 1.82) is 0 Å². The predicted molar refractivity (Wildman–Crippen MR) is 523 cm³/mol. The Morgan fingerprint density at radius 2 is 0.684 bits per heavy atom. The highest BCUT2D eigenvalue weighted by Crippen LogP contribution is 2.42. The Morgan fingerprint density at radius 3 is 1.07 bits per heavy atom. The predicted octanol–water partition coefficient (Wildman–Crippen LogP) is 14.0. The molecule has 6 aliphatic heterocycles. The van der Waals surface area contributed by atoms with Gasteiger partial charge < -0.3 is 77.1 Å². The average Bonchev–Trinajstić information content (AvgIpc) is 0.801. The van der Waals surface area contributed by atoms with Crippen LogP contribution in [-0.4, -0.2) is 286 Å². The van der Waals surface area contributed by atoms with Crippen LogP contribution in [0.4, 0.5) is 38.9 Å². The minimum atomic E-state index is -0.314. The van der Waals surface area contributed by atoms with Crippen LogP contribution in [0.1, 0.15) is 126 Å². The molecule has 0 spiro atoms. The van der Waals surface area contributed by atoms with Crippen LogP contribution in [0.5, 0.6) is 23.0 Å². The van der Waals surface area contributed by atoms with E-state index in [-0.39, 0.29) is 30.2 Å². The zero-order chi connectivity index (χ0) is 92.1. The smallest absolute Gasteiger partial charge is 0.225 e. The van der Waals surface area contributed by atoms with Gasteiger partial charge >= 0.3 is 0 Å². The fraction of sp³-hybridized carbons (Fsp3) is 0.529. The lowest BCUT2D eigenvalue weighted by Gasteiger charge is -2.33. The maximum absolute atomic E-state index is 13.9. The van der Waals surface area contributed by atoms with Crippen LogP contribution >= 0.6 is 11.6 Å². The first-order valence-electron chi connectivity index (χ1n) is 49.3. The summed E-state index contributed by atoms with van der Waals surface area (Å²) in [6.45, 7) is 21.3. The Morgan fingerprint density at radius 1 is 0.324 bits per heavy atom. The van der Waals surface area contributed by atoms with Crippen LogP contribution in [0.25, 0.3) is 44.1 Å². The van der Waals surface area contributed by atoms with Crippen molar-refractivity contribution in [2.75, 3.05) is 201 Å². The molecule has 4 saturated carbocycles. The van der Waals surface area contributed by atoms with Crippen LogP contribution in [0.3, 0.4) is 0 Å². The fourth-order valence-corrected chi connectivity index (χ4v) is 20.6. The molecule has 4 aromatic carbocycles. The number of anilines is 6. The summed E-state index contributed by atoms with van der Waals surface area (Å²) in [7, 11) is 4.35. The lowest BCUT2D eigenvalue weighted by molar-refractivity contribution is 0.122. The van der Waals surface area contributed by atoms with Gasteiger partial charge in [0.1, 0.15) is 74.5 Å². The molecule has 0 atom stereocenters. The van der Waals surface area contributed by atoms with Crippen molar-refractivity contribution in [3.05, 3.63) is 181 Å². The number of rotatable bonds is 22. The molecule has 0 N–H and O–H groups in total. The first kappa shape index (κ1) is 93.6. The van der Waals surface area contributed by atoms with Gasteiger partial charge in [-0.25, -0.2) is 64.2 Å². The van der Waals surface area contributed by atoms with Crippen LogP contribution in [0, 0.1) is 29.5 Å². The molecule has 12 aromatic rings. The average molecular weight is 1870 g/mol. The SMILES string of the molecule is CN1CCN(c2cc(CC3CCC(Oc4cc(N5CCOCC5)cc5nccnc45)CC3)ncn2)CC1.CN1CCN(c2nccc(CC3CCC(Oc4cc(N5CCOCC5)cc5nccnc45)CC3)n2)CC1.Clc1ccnc(CC2CCC(Oc3cc(N4CCOCC4)cc4nccnc34)CC2)n1.Fc1cncnc1CC1CCC(Oc2cc(N3CCOCC3)cc3nccnc23)CC1. The third-order valence-electron chi connectivity index (χ3n) is 28.3. The van der Waals surface area contributed by atoms with E-state index in [1.165, 1.54) is 12.5 Å². The number of likely N-dealkylation sites (N-methyl/N-ethyl adjacent to an activating group) is 2. The molecule has 0 bridgehead atoms. The molecule has 10 aliphatic rings. The Labute approximate surface area is 799 Å². The summed E-state index contributed by atoms with van der Waals surface area (Å²) in [6, 6.07) is 22.9. The van der Waals surface area contributed by atoms with E-state index in [1.807, 2.05) is 6.20 Å². The van der Waals surface area contributed by atoms with E-state index < -0.39 is 0 Å². The minimum Gasteiger partial charge on any atom is -0.488 e. The van der Waals surface area contributed by atoms with Crippen molar-refractivity contribution >= 4 is 90.3 Å². The van der Waals surface area contributed by atoms with Crippen molar-refractivity contribution in [1.82, 2.24) is 89.5 Å². The van der Waals surface area contributed by atoms with E-state index in [2.05, 4.69) is 189 Å². The number of nitrogens with zero attached hydrogens (tertiary/aromatic N) is 24. The van der Waals surface area contributed by atoms with E-state index in [1.54, 1.807) is 68.2 Å². The second-order valence-electron chi connectivity index (χ2n) is 37.6.